The van der Waals surface area contributed by atoms with E-state index in [1.54, 1.807) is 6.07 Å². The standard InChI is InChI=1S/C13H13Cl2N3/c1-3-11-17-12(7(2)13(16)18-11)8-4-9(14)6-10(15)5-8/h4-6H,3H2,1-2H3,(H2,16,17,18). The highest BCUT2D eigenvalue weighted by molar-refractivity contribution is 6.35. The van der Waals surface area contributed by atoms with Gasteiger partial charge in [-0.3, -0.25) is 0 Å². The maximum atomic E-state index is 6.01. The Labute approximate surface area is 116 Å². The number of nitrogen functional groups attached to an aromatic ring is 1. The molecule has 2 rings (SSSR count). The van der Waals surface area contributed by atoms with E-state index in [-0.39, 0.29) is 0 Å². The third-order valence-corrected chi connectivity index (χ3v) is 3.12. The lowest BCUT2D eigenvalue weighted by Crippen LogP contribution is -2.04. The number of hydrogen-bond acceptors (Lipinski definition) is 3. The first-order valence-corrected chi connectivity index (χ1v) is 6.36. The fourth-order valence-electron chi connectivity index (χ4n) is 1.71. The van der Waals surface area contributed by atoms with E-state index in [1.807, 2.05) is 26.0 Å². The van der Waals surface area contributed by atoms with E-state index in [9.17, 15) is 0 Å². The Kier molecular flexibility index (Phi) is 3.73. The van der Waals surface area contributed by atoms with E-state index >= 15 is 0 Å². The molecule has 0 unspecified atom stereocenters. The van der Waals surface area contributed by atoms with E-state index in [2.05, 4.69) is 9.97 Å². The van der Waals surface area contributed by atoms with Crippen molar-refractivity contribution in [2.24, 2.45) is 0 Å². The summed E-state index contributed by atoms with van der Waals surface area (Å²) in [7, 11) is 0. The Balaban J connectivity index is 2.65. The van der Waals surface area contributed by atoms with Crippen LogP contribution in [-0.4, -0.2) is 9.97 Å². The molecule has 0 aliphatic rings. The highest BCUT2D eigenvalue weighted by Gasteiger charge is 2.11. The number of hydrogen-bond donors (Lipinski definition) is 1. The molecule has 0 bridgehead atoms. The summed E-state index contributed by atoms with van der Waals surface area (Å²) in [5, 5.41) is 1.15. The number of nitrogens with two attached hydrogens (primary N) is 1. The van der Waals surface area contributed by atoms with Gasteiger partial charge >= 0.3 is 0 Å². The maximum Gasteiger partial charge on any atom is 0.131 e. The Bertz CT molecular complexity index is 577. The SMILES string of the molecule is CCc1nc(N)c(C)c(-c2cc(Cl)cc(Cl)c2)n1. The molecule has 1 aromatic heterocycles. The van der Waals surface area contributed by atoms with Crippen LogP contribution in [-0.2, 0) is 6.42 Å². The van der Waals surface area contributed by atoms with Crippen molar-refractivity contribution in [3.8, 4) is 11.3 Å². The number of rotatable bonds is 2. The van der Waals surface area contributed by atoms with Crippen LogP contribution < -0.4 is 5.73 Å². The third-order valence-electron chi connectivity index (χ3n) is 2.68. The summed E-state index contributed by atoms with van der Waals surface area (Å²) in [6.07, 6.45) is 0.728. The molecule has 0 saturated carbocycles. The molecule has 1 aromatic carbocycles. The lowest BCUT2D eigenvalue weighted by molar-refractivity contribution is 0.940. The average molecular weight is 282 g/mol. The molecule has 18 heavy (non-hydrogen) atoms. The van der Waals surface area contributed by atoms with Crippen LogP contribution in [0.1, 0.15) is 18.3 Å². The zero-order valence-electron chi connectivity index (χ0n) is 10.2. The van der Waals surface area contributed by atoms with Crippen LogP contribution in [0.4, 0.5) is 5.82 Å². The molecule has 2 N–H and O–H groups in total. The number of anilines is 1. The highest BCUT2D eigenvalue weighted by Crippen LogP contribution is 2.29. The fourth-order valence-corrected chi connectivity index (χ4v) is 2.24. The van der Waals surface area contributed by atoms with Crippen LogP contribution >= 0.6 is 23.2 Å². The Morgan fingerprint density at radius 1 is 1.11 bits per heavy atom. The summed E-state index contributed by atoms with van der Waals surface area (Å²) in [5.41, 5.74) is 8.37. The minimum Gasteiger partial charge on any atom is -0.383 e. The van der Waals surface area contributed by atoms with Crippen molar-refractivity contribution in [1.82, 2.24) is 9.97 Å². The largest absolute Gasteiger partial charge is 0.383 e. The number of nitrogens with zero attached hydrogens (tertiary/aromatic N) is 2. The minimum atomic E-state index is 0.493. The summed E-state index contributed by atoms with van der Waals surface area (Å²) >= 11 is 12.0. The topological polar surface area (TPSA) is 51.8 Å². The molecule has 3 nitrogen and oxygen atoms in total. The number of aryl methyl sites for hydroxylation is 1. The van der Waals surface area contributed by atoms with Crippen molar-refractivity contribution >= 4 is 29.0 Å². The zero-order chi connectivity index (χ0) is 13.3. The first kappa shape index (κ1) is 13.1. The van der Waals surface area contributed by atoms with Crippen LogP contribution in [0.3, 0.4) is 0 Å². The summed E-state index contributed by atoms with van der Waals surface area (Å²) in [5.74, 6) is 1.21. The molecule has 0 spiro atoms. The predicted molar refractivity (Wildman–Crippen MR) is 76.0 cm³/mol. The van der Waals surface area contributed by atoms with Gasteiger partial charge in [-0.25, -0.2) is 9.97 Å². The Morgan fingerprint density at radius 2 is 1.72 bits per heavy atom. The molecular formula is C13H13Cl2N3. The minimum absolute atomic E-state index is 0.493. The monoisotopic (exact) mass is 281 g/mol. The first-order valence-electron chi connectivity index (χ1n) is 5.60. The van der Waals surface area contributed by atoms with Gasteiger partial charge in [0.05, 0.1) is 5.69 Å². The molecule has 0 aliphatic heterocycles. The zero-order valence-corrected chi connectivity index (χ0v) is 11.7. The number of benzene rings is 1. The van der Waals surface area contributed by atoms with Gasteiger partial charge in [-0.1, -0.05) is 30.1 Å². The van der Waals surface area contributed by atoms with Gasteiger partial charge in [0.15, 0.2) is 0 Å². The smallest absolute Gasteiger partial charge is 0.131 e. The van der Waals surface area contributed by atoms with Crippen LogP contribution in [0.15, 0.2) is 18.2 Å². The van der Waals surface area contributed by atoms with Crippen LogP contribution in [0.2, 0.25) is 10.0 Å². The molecule has 0 saturated heterocycles. The maximum absolute atomic E-state index is 6.01. The summed E-state index contributed by atoms with van der Waals surface area (Å²) in [4.78, 5) is 8.72. The number of aromatic nitrogens is 2. The van der Waals surface area contributed by atoms with Gasteiger partial charge in [0.1, 0.15) is 11.6 Å². The molecule has 0 amide bonds. The molecule has 1 heterocycles. The first-order chi connectivity index (χ1) is 8.51. The average Bonchev–Trinajstić information content (AvgIpc) is 2.31. The quantitative estimate of drug-likeness (QED) is 0.908. The van der Waals surface area contributed by atoms with Crippen molar-refractivity contribution < 1.29 is 0 Å². The van der Waals surface area contributed by atoms with E-state index in [0.29, 0.717) is 21.7 Å². The van der Waals surface area contributed by atoms with Crippen molar-refractivity contribution in [2.75, 3.05) is 5.73 Å². The summed E-state index contributed by atoms with van der Waals surface area (Å²) in [6.45, 7) is 3.87. The molecule has 0 atom stereocenters. The van der Waals surface area contributed by atoms with Crippen molar-refractivity contribution in [1.29, 1.82) is 0 Å². The molecule has 94 valence electrons. The van der Waals surface area contributed by atoms with Crippen LogP contribution in [0.25, 0.3) is 11.3 Å². The fraction of sp³-hybridized carbons (Fsp3) is 0.231. The summed E-state index contributed by atoms with van der Waals surface area (Å²) < 4.78 is 0. The second kappa shape index (κ2) is 5.12. The molecule has 0 fully saturated rings. The van der Waals surface area contributed by atoms with Crippen molar-refractivity contribution in [2.45, 2.75) is 20.3 Å². The molecule has 0 aliphatic carbocycles. The van der Waals surface area contributed by atoms with Gasteiger partial charge in [-0.2, -0.15) is 0 Å². The van der Waals surface area contributed by atoms with Gasteiger partial charge in [0.2, 0.25) is 0 Å². The lowest BCUT2D eigenvalue weighted by atomic mass is 10.1. The predicted octanol–water partition coefficient (Wildman–Crippen LogP) is 3.90. The molecule has 5 heteroatoms. The van der Waals surface area contributed by atoms with Gasteiger partial charge in [-0.05, 0) is 25.1 Å². The van der Waals surface area contributed by atoms with Gasteiger partial charge in [0.25, 0.3) is 0 Å². The van der Waals surface area contributed by atoms with Gasteiger partial charge in [0, 0.05) is 27.6 Å². The highest BCUT2D eigenvalue weighted by atomic mass is 35.5. The molecule has 2 aromatic rings. The Morgan fingerprint density at radius 3 is 2.28 bits per heavy atom. The third kappa shape index (κ3) is 2.57. The van der Waals surface area contributed by atoms with Crippen LogP contribution in [0, 0.1) is 6.92 Å². The van der Waals surface area contributed by atoms with E-state index in [1.165, 1.54) is 0 Å². The van der Waals surface area contributed by atoms with Crippen LogP contribution in [0.5, 0.6) is 0 Å². The van der Waals surface area contributed by atoms with E-state index in [0.717, 1.165) is 23.2 Å². The van der Waals surface area contributed by atoms with E-state index < -0.39 is 0 Å². The van der Waals surface area contributed by atoms with Crippen molar-refractivity contribution in [3.05, 3.63) is 39.6 Å². The second-order valence-corrected chi connectivity index (χ2v) is 4.88. The van der Waals surface area contributed by atoms with Gasteiger partial charge < -0.3 is 5.73 Å². The molecule has 0 radical (unpaired) electrons. The van der Waals surface area contributed by atoms with Gasteiger partial charge in [-0.15, -0.1) is 0 Å². The second-order valence-electron chi connectivity index (χ2n) is 4.01. The van der Waals surface area contributed by atoms with E-state index in [4.69, 9.17) is 28.9 Å². The molecular weight excluding hydrogens is 269 g/mol. The van der Waals surface area contributed by atoms with Crippen molar-refractivity contribution in [3.63, 3.8) is 0 Å². The Hall–Kier alpha value is -1.32. The number of halogens is 2. The summed E-state index contributed by atoms with van der Waals surface area (Å²) in [6, 6.07) is 5.33. The lowest BCUT2D eigenvalue weighted by Gasteiger charge is -2.10. The normalized spacial score (nSPS) is 10.7.